The maximum atomic E-state index is 13.1. The summed E-state index contributed by atoms with van der Waals surface area (Å²) in [5.74, 6) is 0.0238. The fraction of sp³-hybridized carbons (Fsp3) is 0.474. The molecule has 1 fully saturated rings. The molecule has 2 aromatic rings. The zero-order chi connectivity index (χ0) is 23.7. The second kappa shape index (κ2) is 9.38. The van der Waals surface area contributed by atoms with Crippen LogP contribution in [0.2, 0.25) is 5.02 Å². The van der Waals surface area contributed by atoms with Gasteiger partial charge in [0.1, 0.15) is 0 Å². The monoisotopic (exact) mass is 494 g/mol. The van der Waals surface area contributed by atoms with E-state index in [-0.39, 0.29) is 50.4 Å². The molecule has 0 bridgehead atoms. The summed E-state index contributed by atoms with van der Waals surface area (Å²) in [6.45, 7) is 4.40. The molecule has 0 saturated carbocycles. The van der Waals surface area contributed by atoms with Crippen LogP contribution in [0.15, 0.2) is 33.7 Å². The van der Waals surface area contributed by atoms with Crippen molar-refractivity contribution in [2.24, 2.45) is 0 Å². The van der Waals surface area contributed by atoms with Gasteiger partial charge in [-0.15, -0.1) is 0 Å². The molecule has 0 radical (unpaired) electrons. The van der Waals surface area contributed by atoms with E-state index in [9.17, 15) is 26.4 Å². The summed E-state index contributed by atoms with van der Waals surface area (Å²) >= 11 is 5.58. The van der Waals surface area contributed by atoms with Crippen LogP contribution in [-0.4, -0.2) is 61.4 Å². The van der Waals surface area contributed by atoms with Gasteiger partial charge in [-0.05, 0) is 24.1 Å². The lowest BCUT2D eigenvalue weighted by atomic mass is 10.1. The van der Waals surface area contributed by atoms with Gasteiger partial charge in [0.2, 0.25) is 21.8 Å². The van der Waals surface area contributed by atoms with Crippen molar-refractivity contribution in [3.8, 4) is 0 Å². The number of aromatic nitrogens is 1. The number of rotatable bonds is 6. The van der Waals surface area contributed by atoms with Crippen molar-refractivity contribution in [2.75, 3.05) is 38.0 Å². The molecule has 32 heavy (non-hydrogen) atoms. The number of carbonyl (C=O) groups excluding carboxylic acids is 1. The first-order valence-electron chi connectivity index (χ1n) is 9.73. The number of alkyl halides is 3. The van der Waals surface area contributed by atoms with Gasteiger partial charge in [-0.2, -0.15) is 17.5 Å². The van der Waals surface area contributed by atoms with Gasteiger partial charge in [-0.1, -0.05) is 30.6 Å². The Balaban J connectivity index is 1.59. The van der Waals surface area contributed by atoms with Crippen molar-refractivity contribution in [3.05, 3.63) is 40.5 Å². The van der Waals surface area contributed by atoms with Crippen LogP contribution in [0.5, 0.6) is 0 Å². The van der Waals surface area contributed by atoms with Gasteiger partial charge in [0.25, 0.3) is 0 Å². The molecular weight excluding hydrogens is 473 g/mol. The lowest BCUT2D eigenvalue weighted by Gasteiger charge is -2.33. The molecule has 8 nitrogen and oxygen atoms in total. The highest BCUT2D eigenvalue weighted by molar-refractivity contribution is 7.89. The summed E-state index contributed by atoms with van der Waals surface area (Å²) in [4.78, 5) is 13.5. The standard InChI is InChI=1S/C19H22ClF3N4O4S/c1-12(2)16-10-18(31-25-16)24-17(28)11-26-5-7-27(8-6-26)32(29,30)13-3-4-15(20)14(9-13)19(21,22)23/h3-4,9-10,12H,5-8,11H2,1-2H3,(H,24,28). The quantitative estimate of drug-likeness (QED) is 0.661. The molecule has 1 aliphatic rings. The summed E-state index contributed by atoms with van der Waals surface area (Å²) in [5, 5.41) is 5.88. The van der Waals surface area contributed by atoms with Crippen molar-refractivity contribution in [2.45, 2.75) is 30.8 Å². The van der Waals surface area contributed by atoms with Gasteiger partial charge in [-0.25, -0.2) is 8.42 Å². The molecule has 1 aliphatic heterocycles. The average molecular weight is 495 g/mol. The van der Waals surface area contributed by atoms with Crippen LogP contribution in [0.3, 0.4) is 0 Å². The van der Waals surface area contributed by atoms with Crippen molar-refractivity contribution in [1.29, 1.82) is 0 Å². The molecule has 176 valence electrons. The van der Waals surface area contributed by atoms with Gasteiger partial charge in [0, 0.05) is 32.2 Å². The largest absolute Gasteiger partial charge is 0.417 e. The van der Waals surface area contributed by atoms with E-state index in [1.54, 1.807) is 11.0 Å². The minimum Gasteiger partial charge on any atom is -0.338 e. The minimum atomic E-state index is -4.77. The average Bonchev–Trinajstić information content (AvgIpc) is 3.16. The number of piperazine rings is 1. The first-order valence-corrected chi connectivity index (χ1v) is 11.6. The second-order valence-electron chi connectivity index (χ2n) is 7.64. The second-order valence-corrected chi connectivity index (χ2v) is 9.98. The highest BCUT2D eigenvalue weighted by atomic mass is 35.5. The number of benzene rings is 1. The third kappa shape index (κ3) is 5.61. The minimum absolute atomic E-state index is 0.00473. The van der Waals surface area contributed by atoms with E-state index in [1.807, 2.05) is 13.8 Å². The number of halogens is 4. The molecule has 0 atom stereocenters. The van der Waals surface area contributed by atoms with Crippen LogP contribution in [0.25, 0.3) is 0 Å². The van der Waals surface area contributed by atoms with E-state index < -0.39 is 31.7 Å². The van der Waals surface area contributed by atoms with Gasteiger partial charge >= 0.3 is 6.18 Å². The van der Waals surface area contributed by atoms with Gasteiger partial charge in [0.15, 0.2) is 0 Å². The van der Waals surface area contributed by atoms with Crippen molar-refractivity contribution >= 4 is 33.4 Å². The summed E-state index contributed by atoms with van der Waals surface area (Å²) in [5.41, 5.74) is -0.501. The van der Waals surface area contributed by atoms with Gasteiger partial charge in [-0.3, -0.25) is 15.0 Å². The molecule has 1 aromatic carbocycles. The Bertz CT molecular complexity index is 1080. The summed E-state index contributed by atoms with van der Waals surface area (Å²) in [7, 11) is -4.14. The fourth-order valence-electron chi connectivity index (χ4n) is 3.16. The number of hydrogen-bond acceptors (Lipinski definition) is 6. The van der Waals surface area contributed by atoms with Crippen LogP contribution in [-0.2, 0) is 21.0 Å². The van der Waals surface area contributed by atoms with E-state index in [0.717, 1.165) is 16.4 Å². The van der Waals surface area contributed by atoms with E-state index in [4.69, 9.17) is 16.1 Å². The number of nitrogens with zero attached hydrogens (tertiary/aromatic N) is 3. The normalized spacial score (nSPS) is 16.5. The molecule has 0 aliphatic carbocycles. The number of anilines is 1. The molecule has 2 heterocycles. The lowest BCUT2D eigenvalue weighted by Crippen LogP contribution is -2.50. The van der Waals surface area contributed by atoms with Crippen molar-refractivity contribution < 1.29 is 30.9 Å². The number of sulfonamides is 1. The molecular formula is C19H22ClF3N4O4S. The predicted molar refractivity (Wildman–Crippen MR) is 111 cm³/mol. The van der Waals surface area contributed by atoms with Crippen LogP contribution in [0, 0.1) is 0 Å². The summed E-state index contributed by atoms with van der Waals surface area (Å²) in [6, 6.07) is 4.15. The Morgan fingerprint density at radius 1 is 1.22 bits per heavy atom. The van der Waals surface area contributed by atoms with E-state index in [2.05, 4.69) is 10.5 Å². The SMILES string of the molecule is CC(C)c1cc(NC(=O)CN2CCN(S(=O)(=O)c3ccc(Cl)c(C(F)(F)F)c3)CC2)on1. The molecule has 1 saturated heterocycles. The van der Waals surface area contributed by atoms with E-state index in [0.29, 0.717) is 11.8 Å². The number of nitrogens with one attached hydrogen (secondary N) is 1. The Morgan fingerprint density at radius 3 is 2.44 bits per heavy atom. The van der Waals surface area contributed by atoms with E-state index >= 15 is 0 Å². The molecule has 3 rings (SSSR count). The summed E-state index contributed by atoms with van der Waals surface area (Å²) in [6.07, 6.45) is -4.77. The molecule has 13 heteroatoms. The molecule has 1 amide bonds. The van der Waals surface area contributed by atoms with Gasteiger partial charge < -0.3 is 4.52 Å². The maximum Gasteiger partial charge on any atom is 0.417 e. The first kappa shape index (κ1) is 24.5. The van der Waals surface area contributed by atoms with Gasteiger partial charge in [0.05, 0.1) is 27.7 Å². The van der Waals surface area contributed by atoms with Crippen LogP contribution in [0.4, 0.5) is 19.1 Å². The lowest BCUT2D eigenvalue weighted by molar-refractivity contribution is -0.137. The predicted octanol–water partition coefficient (Wildman–Crippen LogP) is 3.42. The number of carbonyl (C=O) groups is 1. The number of amides is 1. The Labute approximate surface area is 188 Å². The van der Waals surface area contributed by atoms with Crippen LogP contribution >= 0.6 is 11.6 Å². The van der Waals surface area contributed by atoms with Crippen LogP contribution in [0.1, 0.15) is 31.0 Å². The Hall–Kier alpha value is -2.15. The van der Waals surface area contributed by atoms with Crippen molar-refractivity contribution in [3.63, 3.8) is 0 Å². The Morgan fingerprint density at radius 2 is 1.88 bits per heavy atom. The number of hydrogen-bond donors (Lipinski definition) is 1. The first-order chi connectivity index (χ1) is 14.9. The highest BCUT2D eigenvalue weighted by Gasteiger charge is 2.36. The molecule has 1 N–H and O–H groups in total. The molecule has 0 unspecified atom stereocenters. The zero-order valence-corrected chi connectivity index (χ0v) is 18.9. The molecule has 0 spiro atoms. The third-order valence-corrected chi connectivity index (χ3v) is 7.19. The maximum absolute atomic E-state index is 13.1. The zero-order valence-electron chi connectivity index (χ0n) is 17.3. The van der Waals surface area contributed by atoms with Crippen LogP contribution < -0.4 is 5.32 Å². The van der Waals surface area contributed by atoms with E-state index in [1.165, 1.54) is 0 Å². The Kier molecular flexibility index (Phi) is 7.18. The highest BCUT2D eigenvalue weighted by Crippen LogP contribution is 2.36. The fourth-order valence-corrected chi connectivity index (χ4v) is 4.83. The summed E-state index contributed by atoms with van der Waals surface area (Å²) < 4.78 is 71.0. The topological polar surface area (TPSA) is 95.8 Å². The smallest absolute Gasteiger partial charge is 0.338 e. The third-order valence-electron chi connectivity index (χ3n) is 4.96. The molecule has 1 aromatic heterocycles. The van der Waals surface area contributed by atoms with Crippen molar-refractivity contribution in [1.82, 2.24) is 14.4 Å².